The maximum Gasteiger partial charge on any atom is 0.238 e. The third-order valence-electron chi connectivity index (χ3n) is 6.35. The summed E-state index contributed by atoms with van der Waals surface area (Å²) in [6.45, 7) is 0.293. The van der Waals surface area contributed by atoms with Crippen molar-refractivity contribution in [3.63, 3.8) is 0 Å². The van der Waals surface area contributed by atoms with Crippen LogP contribution in [0.2, 0.25) is 10.0 Å². The zero-order valence-corrected chi connectivity index (χ0v) is 22.0. The average molecular weight is 548 g/mol. The molecular weight excluding hydrogens is 523 g/mol. The maximum absolute atomic E-state index is 13.7. The standard InChI is InChI=1S/C26H24Cl2N2O3S2/c27-19-6-9-21(23(28)16-19)26-22-11-14-34-24(22)10-13-29(26)25(31)17-30(20-7-8-20)35(32,33)15-12-18-4-2-1-3-5-18/h1-6,9,11-12,14-16,20,26H,7-8,10,13,17H2. The van der Waals surface area contributed by atoms with E-state index >= 15 is 0 Å². The van der Waals surface area contributed by atoms with Gasteiger partial charge in [-0.15, -0.1) is 11.3 Å². The molecule has 2 aromatic carbocycles. The van der Waals surface area contributed by atoms with Gasteiger partial charge in [-0.3, -0.25) is 4.79 Å². The smallest absolute Gasteiger partial charge is 0.238 e. The zero-order valence-electron chi connectivity index (χ0n) is 18.8. The maximum atomic E-state index is 13.7. The van der Waals surface area contributed by atoms with Gasteiger partial charge in [-0.2, -0.15) is 4.31 Å². The zero-order chi connectivity index (χ0) is 24.6. The molecule has 1 unspecified atom stereocenters. The van der Waals surface area contributed by atoms with Crippen molar-refractivity contribution in [2.24, 2.45) is 0 Å². The molecule has 0 N–H and O–H groups in total. The first-order valence-corrected chi connectivity index (χ1v) is 14.5. The van der Waals surface area contributed by atoms with Crippen molar-refractivity contribution in [1.29, 1.82) is 0 Å². The monoisotopic (exact) mass is 546 g/mol. The fourth-order valence-corrected chi connectivity index (χ4v) is 7.28. The van der Waals surface area contributed by atoms with Crippen LogP contribution in [-0.4, -0.2) is 42.7 Å². The van der Waals surface area contributed by atoms with Crippen molar-refractivity contribution in [3.05, 3.63) is 97.0 Å². The van der Waals surface area contributed by atoms with E-state index in [0.29, 0.717) is 16.6 Å². The predicted molar refractivity (Wildman–Crippen MR) is 142 cm³/mol. The SMILES string of the molecule is O=C(CN(C1CC1)S(=O)(=O)C=Cc1ccccc1)N1CCc2sccc2C1c1ccc(Cl)cc1Cl. The van der Waals surface area contributed by atoms with Crippen LogP contribution in [0, 0.1) is 0 Å². The van der Waals surface area contributed by atoms with Gasteiger partial charge in [0, 0.05) is 32.9 Å². The van der Waals surface area contributed by atoms with Gasteiger partial charge in [0.2, 0.25) is 15.9 Å². The average Bonchev–Trinajstić information content (AvgIpc) is 3.56. The lowest BCUT2D eigenvalue weighted by Gasteiger charge is -2.37. The topological polar surface area (TPSA) is 57.7 Å². The number of carbonyl (C=O) groups excluding carboxylic acids is 1. The van der Waals surface area contributed by atoms with E-state index in [1.165, 1.54) is 14.6 Å². The minimum atomic E-state index is -3.77. The number of hydrogen-bond acceptors (Lipinski definition) is 4. The van der Waals surface area contributed by atoms with Gasteiger partial charge in [-0.1, -0.05) is 59.6 Å². The molecule has 1 fully saturated rings. The molecule has 5 rings (SSSR count). The van der Waals surface area contributed by atoms with Crippen molar-refractivity contribution in [2.45, 2.75) is 31.3 Å². The fraction of sp³-hybridized carbons (Fsp3) is 0.269. The highest BCUT2D eigenvalue weighted by Gasteiger charge is 2.40. The Labute approximate surface area is 219 Å². The van der Waals surface area contributed by atoms with Crippen molar-refractivity contribution in [3.8, 4) is 0 Å². The summed E-state index contributed by atoms with van der Waals surface area (Å²) < 4.78 is 27.8. The van der Waals surface area contributed by atoms with Crippen LogP contribution in [0.25, 0.3) is 6.08 Å². The number of hydrogen-bond donors (Lipinski definition) is 0. The molecular formula is C26H24Cl2N2O3S2. The molecule has 1 amide bonds. The van der Waals surface area contributed by atoms with Crippen LogP contribution in [0.5, 0.6) is 0 Å². The Balaban J connectivity index is 1.43. The molecule has 35 heavy (non-hydrogen) atoms. The molecule has 3 aromatic rings. The number of carbonyl (C=O) groups is 1. The molecule has 182 valence electrons. The first-order chi connectivity index (χ1) is 16.8. The lowest BCUT2D eigenvalue weighted by atomic mass is 9.93. The Morgan fingerprint density at radius 3 is 2.57 bits per heavy atom. The van der Waals surface area contributed by atoms with Crippen LogP contribution in [0.3, 0.4) is 0 Å². The molecule has 0 bridgehead atoms. The summed E-state index contributed by atoms with van der Waals surface area (Å²) in [5.41, 5.74) is 2.61. The number of rotatable bonds is 7. The van der Waals surface area contributed by atoms with Crippen LogP contribution in [0.15, 0.2) is 65.4 Å². The second-order valence-electron chi connectivity index (χ2n) is 8.74. The number of thiophene rings is 1. The van der Waals surface area contributed by atoms with Crippen LogP contribution in [0.1, 0.15) is 40.5 Å². The first-order valence-electron chi connectivity index (χ1n) is 11.4. The number of nitrogens with zero attached hydrogens (tertiary/aromatic N) is 2. The second kappa shape index (κ2) is 10.1. The number of sulfonamides is 1. The molecule has 1 atom stereocenters. The van der Waals surface area contributed by atoms with E-state index in [2.05, 4.69) is 0 Å². The Kier molecular flexibility index (Phi) is 7.06. The van der Waals surface area contributed by atoms with Gasteiger partial charge >= 0.3 is 0 Å². The molecule has 9 heteroatoms. The molecule has 1 aromatic heterocycles. The van der Waals surface area contributed by atoms with Crippen LogP contribution in [-0.2, 0) is 21.2 Å². The van der Waals surface area contributed by atoms with E-state index < -0.39 is 10.0 Å². The lowest BCUT2D eigenvalue weighted by Crippen LogP contribution is -2.47. The van der Waals surface area contributed by atoms with Gasteiger partial charge in [0.25, 0.3) is 0 Å². The molecule has 1 saturated carbocycles. The number of benzene rings is 2. The Bertz CT molecular complexity index is 1370. The van der Waals surface area contributed by atoms with E-state index in [-0.39, 0.29) is 24.5 Å². The van der Waals surface area contributed by atoms with Crippen molar-refractivity contribution in [2.75, 3.05) is 13.1 Å². The summed E-state index contributed by atoms with van der Waals surface area (Å²) in [5.74, 6) is -0.235. The Morgan fingerprint density at radius 2 is 1.86 bits per heavy atom. The predicted octanol–water partition coefficient (Wildman–Crippen LogP) is 5.99. The molecule has 2 aliphatic rings. The number of fused-ring (bicyclic) bond motifs is 1. The van der Waals surface area contributed by atoms with E-state index in [1.54, 1.807) is 34.4 Å². The van der Waals surface area contributed by atoms with Gasteiger partial charge in [0.15, 0.2) is 0 Å². The Morgan fingerprint density at radius 1 is 1.09 bits per heavy atom. The normalized spacial score (nSPS) is 18.3. The third-order valence-corrected chi connectivity index (χ3v) is 9.47. The highest BCUT2D eigenvalue weighted by atomic mass is 35.5. The minimum absolute atomic E-state index is 0.150. The molecule has 1 aliphatic carbocycles. The van der Waals surface area contributed by atoms with Gasteiger partial charge < -0.3 is 4.90 Å². The quantitative estimate of drug-likeness (QED) is 0.365. The summed E-state index contributed by atoms with van der Waals surface area (Å²) in [6.07, 6.45) is 3.81. The molecule has 0 radical (unpaired) electrons. The lowest BCUT2D eigenvalue weighted by molar-refractivity contribution is -0.133. The van der Waals surface area contributed by atoms with E-state index in [0.717, 1.165) is 36.0 Å². The van der Waals surface area contributed by atoms with Crippen LogP contribution in [0.4, 0.5) is 0 Å². The van der Waals surface area contributed by atoms with Gasteiger partial charge in [-0.05, 0) is 65.6 Å². The second-order valence-corrected chi connectivity index (χ2v) is 12.4. The highest BCUT2D eigenvalue weighted by Crippen LogP contribution is 2.41. The van der Waals surface area contributed by atoms with Crippen molar-refractivity contribution < 1.29 is 13.2 Å². The van der Waals surface area contributed by atoms with Gasteiger partial charge in [-0.25, -0.2) is 8.42 Å². The Hall–Kier alpha value is -2.16. The van der Waals surface area contributed by atoms with Gasteiger partial charge in [0.05, 0.1) is 12.6 Å². The molecule has 5 nitrogen and oxygen atoms in total. The van der Waals surface area contributed by atoms with E-state index in [1.807, 2.05) is 47.8 Å². The molecule has 0 saturated heterocycles. The third kappa shape index (κ3) is 5.34. The van der Waals surface area contributed by atoms with E-state index in [4.69, 9.17) is 23.2 Å². The van der Waals surface area contributed by atoms with Gasteiger partial charge in [0.1, 0.15) is 0 Å². The first kappa shape index (κ1) is 24.5. The molecule has 0 spiro atoms. The summed E-state index contributed by atoms with van der Waals surface area (Å²) in [4.78, 5) is 16.7. The van der Waals surface area contributed by atoms with Crippen LogP contribution < -0.4 is 0 Å². The number of halogens is 2. The highest BCUT2D eigenvalue weighted by molar-refractivity contribution is 7.92. The summed E-state index contributed by atoms with van der Waals surface area (Å²) in [7, 11) is -3.77. The fourth-order valence-electron chi connectivity index (χ4n) is 4.46. The van der Waals surface area contributed by atoms with Crippen LogP contribution >= 0.6 is 34.5 Å². The van der Waals surface area contributed by atoms with Crippen molar-refractivity contribution >= 4 is 56.5 Å². The largest absolute Gasteiger partial charge is 0.330 e. The summed E-state index contributed by atoms with van der Waals surface area (Å²) in [6, 6.07) is 16.0. The molecule has 2 heterocycles. The summed E-state index contributed by atoms with van der Waals surface area (Å²) in [5, 5.41) is 4.23. The van der Waals surface area contributed by atoms with E-state index in [9.17, 15) is 13.2 Å². The van der Waals surface area contributed by atoms with Crippen molar-refractivity contribution in [1.82, 2.24) is 9.21 Å². The number of amides is 1. The molecule has 1 aliphatic heterocycles. The minimum Gasteiger partial charge on any atom is -0.330 e. The summed E-state index contributed by atoms with van der Waals surface area (Å²) >= 11 is 14.4.